The van der Waals surface area contributed by atoms with Crippen LogP contribution in [-0.2, 0) is 11.3 Å². The van der Waals surface area contributed by atoms with E-state index in [1.54, 1.807) is 14.2 Å². The second kappa shape index (κ2) is 11.6. The maximum Gasteiger partial charge on any atom is 0.193 e. The number of benzene rings is 1. The lowest BCUT2D eigenvalue weighted by atomic mass is 10.2. The van der Waals surface area contributed by atoms with Crippen LogP contribution in [0.4, 0.5) is 0 Å². The molecular weight excluding hydrogens is 381 g/mol. The van der Waals surface area contributed by atoms with Crippen LogP contribution in [0.2, 0.25) is 0 Å². The van der Waals surface area contributed by atoms with Crippen LogP contribution >= 0.6 is 24.0 Å². The van der Waals surface area contributed by atoms with E-state index in [1.807, 2.05) is 26.1 Å². The molecule has 0 heterocycles. The third-order valence-electron chi connectivity index (χ3n) is 2.89. The van der Waals surface area contributed by atoms with Gasteiger partial charge in [-0.15, -0.1) is 24.0 Å². The fourth-order valence-electron chi connectivity index (χ4n) is 1.84. The topological polar surface area (TPSA) is 46.1 Å². The summed E-state index contributed by atoms with van der Waals surface area (Å²) < 4.78 is 10.5. The molecule has 1 rings (SSSR count). The SMILES string of the molecule is CCOCCNC(=NC)N(C)Cc1ccc(OC)cc1.I. The van der Waals surface area contributed by atoms with E-state index in [9.17, 15) is 0 Å². The number of hydrogen-bond acceptors (Lipinski definition) is 3. The Bertz CT molecular complexity index is 410. The van der Waals surface area contributed by atoms with Crippen LogP contribution in [0.1, 0.15) is 12.5 Å². The van der Waals surface area contributed by atoms with Crippen molar-refractivity contribution in [3.63, 3.8) is 0 Å². The average Bonchev–Trinajstić information content (AvgIpc) is 2.48. The number of hydrogen-bond donors (Lipinski definition) is 1. The summed E-state index contributed by atoms with van der Waals surface area (Å²) in [5.74, 6) is 1.73. The van der Waals surface area contributed by atoms with Gasteiger partial charge in [-0.05, 0) is 24.6 Å². The van der Waals surface area contributed by atoms with Crippen LogP contribution in [0.3, 0.4) is 0 Å². The zero-order chi connectivity index (χ0) is 14.8. The van der Waals surface area contributed by atoms with Gasteiger partial charge in [-0.1, -0.05) is 12.1 Å². The van der Waals surface area contributed by atoms with E-state index in [0.717, 1.165) is 31.4 Å². The van der Waals surface area contributed by atoms with Crippen LogP contribution in [0, 0.1) is 0 Å². The summed E-state index contributed by atoms with van der Waals surface area (Å²) >= 11 is 0. The molecule has 0 atom stereocenters. The lowest BCUT2D eigenvalue weighted by molar-refractivity contribution is 0.152. The molecule has 6 heteroatoms. The summed E-state index contributed by atoms with van der Waals surface area (Å²) in [6, 6.07) is 8.05. The third kappa shape index (κ3) is 7.52. The van der Waals surface area contributed by atoms with Crippen molar-refractivity contribution in [1.29, 1.82) is 0 Å². The minimum absolute atomic E-state index is 0. The van der Waals surface area contributed by atoms with Gasteiger partial charge in [0.05, 0.1) is 13.7 Å². The molecule has 0 radical (unpaired) electrons. The normalized spacial score (nSPS) is 10.8. The number of nitrogens with zero attached hydrogens (tertiary/aromatic N) is 2. The summed E-state index contributed by atoms with van der Waals surface area (Å²) in [5, 5.41) is 3.27. The molecule has 1 aromatic rings. The van der Waals surface area contributed by atoms with Gasteiger partial charge in [0, 0.05) is 33.8 Å². The molecule has 0 fully saturated rings. The molecule has 120 valence electrons. The van der Waals surface area contributed by atoms with E-state index in [4.69, 9.17) is 9.47 Å². The zero-order valence-electron chi connectivity index (χ0n) is 13.3. The molecule has 5 nitrogen and oxygen atoms in total. The highest BCUT2D eigenvalue weighted by Gasteiger charge is 2.06. The van der Waals surface area contributed by atoms with E-state index in [2.05, 4.69) is 27.3 Å². The molecule has 0 amide bonds. The van der Waals surface area contributed by atoms with Gasteiger partial charge in [-0.3, -0.25) is 4.99 Å². The lowest BCUT2D eigenvalue weighted by Crippen LogP contribution is -2.39. The molecule has 1 aromatic carbocycles. The number of halogens is 1. The van der Waals surface area contributed by atoms with Gasteiger partial charge in [0.1, 0.15) is 5.75 Å². The predicted octanol–water partition coefficient (Wildman–Crippen LogP) is 2.36. The number of ether oxygens (including phenoxy) is 2. The summed E-state index contributed by atoms with van der Waals surface area (Å²) in [5.41, 5.74) is 1.21. The maximum atomic E-state index is 5.30. The smallest absolute Gasteiger partial charge is 0.193 e. The molecule has 0 aliphatic carbocycles. The second-order valence-electron chi connectivity index (χ2n) is 4.38. The fraction of sp³-hybridized carbons (Fsp3) is 0.533. The molecule has 1 N–H and O–H groups in total. The highest BCUT2D eigenvalue weighted by atomic mass is 127. The molecule has 0 unspecified atom stereocenters. The highest BCUT2D eigenvalue weighted by Crippen LogP contribution is 2.12. The summed E-state index contributed by atoms with van der Waals surface area (Å²) in [6.45, 7) is 4.96. The van der Waals surface area contributed by atoms with Gasteiger partial charge >= 0.3 is 0 Å². The minimum atomic E-state index is 0. The van der Waals surface area contributed by atoms with Crippen molar-refractivity contribution in [2.75, 3.05) is 41.0 Å². The van der Waals surface area contributed by atoms with E-state index in [1.165, 1.54) is 5.56 Å². The van der Waals surface area contributed by atoms with Crippen LogP contribution in [-0.4, -0.2) is 51.8 Å². The van der Waals surface area contributed by atoms with Crippen molar-refractivity contribution in [2.45, 2.75) is 13.5 Å². The largest absolute Gasteiger partial charge is 0.497 e. The maximum absolute atomic E-state index is 5.30. The number of rotatable bonds is 7. The Hall–Kier alpha value is -1.02. The highest BCUT2D eigenvalue weighted by molar-refractivity contribution is 14.0. The van der Waals surface area contributed by atoms with Crippen molar-refractivity contribution in [3.05, 3.63) is 29.8 Å². The molecule has 0 saturated heterocycles. The molecular formula is C15H26IN3O2. The Morgan fingerprint density at radius 3 is 2.48 bits per heavy atom. The van der Waals surface area contributed by atoms with Crippen molar-refractivity contribution in [1.82, 2.24) is 10.2 Å². The van der Waals surface area contributed by atoms with Crippen LogP contribution in [0.15, 0.2) is 29.3 Å². The van der Waals surface area contributed by atoms with Crippen molar-refractivity contribution in [3.8, 4) is 5.75 Å². The number of nitrogens with one attached hydrogen (secondary N) is 1. The molecule has 0 aliphatic heterocycles. The minimum Gasteiger partial charge on any atom is -0.497 e. The molecule has 0 bridgehead atoms. The first-order valence-corrected chi connectivity index (χ1v) is 6.83. The van der Waals surface area contributed by atoms with Gasteiger partial charge in [0.15, 0.2) is 5.96 Å². The van der Waals surface area contributed by atoms with Crippen molar-refractivity contribution in [2.24, 2.45) is 4.99 Å². The van der Waals surface area contributed by atoms with Gasteiger partial charge in [-0.2, -0.15) is 0 Å². The molecule has 0 spiro atoms. The Labute approximate surface area is 144 Å². The molecule has 0 aliphatic rings. The monoisotopic (exact) mass is 407 g/mol. The average molecular weight is 407 g/mol. The van der Waals surface area contributed by atoms with E-state index in [0.29, 0.717) is 6.61 Å². The lowest BCUT2D eigenvalue weighted by Gasteiger charge is -2.22. The Kier molecular flexibility index (Phi) is 11.1. The van der Waals surface area contributed by atoms with Gasteiger partial charge in [-0.25, -0.2) is 0 Å². The predicted molar refractivity (Wildman–Crippen MR) is 97.7 cm³/mol. The molecule has 21 heavy (non-hydrogen) atoms. The fourth-order valence-corrected chi connectivity index (χ4v) is 1.84. The number of aliphatic imine (C=N–C) groups is 1. The number of guanidine groups is 1. The van der Waals surface area contributed by atoms with Crippen molar-refractivity contribution < 1.29 is 9.47 Å². The third-order valence-corrected chi connectivity index (χ3v) is 2.89. The van der Waals surface area contributed by atoms with Crippen LogP contribution in [0.25, 0.3) is 0 Å². The van der Waals surface area contributed by atoms with E-state index < -0.39 is 0 Å². The first kappa shape index (κ1) is 20.0. The molecule has 0 saturated carbocycles. The van der Waals surface area contributed by atoms with Crippen molar-refractivity contribution >= 4 is 29.9 Å². The standard InChI is InChI=1S/C15H25N3O2.HI/c1-5-20-11-10-17-15(16-2)18(3)12-13-6-8-14(19-4)9-7-13;/h6-9H,5,10-12H2,1-4H3,(H,16,17);1H. The zero-order valence-corrected chi connectivity index (χ0v) is 15.6. The van der Waals surface area contributed by atoms with Gasteiger partial charge in [0.2, 0.25) is 0 Å². The molecule has 0 aromatic heterocycles. The van der Waals surface area contributed by atoms with E-state index >= 15 is 0 Å². The summed E-state index contributed by atoms with van der Waals surface area (Å²) in [6.07, 6.45) is 0. The van der Waals surface area contributed by atoms with E-state index in [-0.39, 0.29) is 24.0 Å². The Balaban J connectivity index is 0.00000400. The first-order chi connectivity index (χ1) is 9.71. The van der Waals surface area contributed by atoms with Crippen LogP contribution in [0.5, 0.6) is 5.75 Å². The summed E-state index contributed by atoms with van der Waals surface area (Å²) in [4.78, 5) is 6.34. The Morgan fingerprint density at radius 2 is 1.95 bits per heavy atom. The number of methoxy groups -OCH3 is 1. The Morgan fingerprint density at radius 1 is 1.29 bits per heavy atom. The quantitative estimate of drug-likeness (QED) is 0.326. The summed E-state index contributed by atoms with van der Waals surface area (Å²) in [7, 11) is 5.47. The van der Waals surface area contributed by atoms with Gasteiger partial charge in [0.25, 0.3) is 0 Å². The van der Waals surface area contributed by atoms with Crippen LogP contribution < -0.4 is 10.1 Å². The van der Waals surface area contributed by atoms with Gasteiger partial charge < -0.3 is 19.7 Å². The second-order valence-corrected chi connectivity index (χ2v) is 4.38. The first-order valence-electron chi connectivity index (χ1n) is 6.83.